The van der Waals surface area contributed by atoms with E-state index >= 15 is 0 Å². The van der Waals surface area contributed by atoms with Crippen LogP contribution in [-0.4, -0.2) is 5.11 Å². The maximum Gasteiger partial charge on any atom is 0.137 e. The summed E-state index contributed by atoms with van der Waals surface area (Å²) < 4.78 is 28.0. The van der Waals surface area contributed by atoms with Crippen molar-refractivity contribution in [2.45, 2.75) is 12.5 Å². The Kier molecular flexibility index (Phi) is 4.71. The molecule has 0 radical (unpaired) electrons. The third kappa shape index (κ3) is 3.61. The molecule has 0 saturated heterocycles. The molecule has 2 aromatic carbocycles. The molecule has 0 fully saturated rings. The van der Waals surface area contributed by atoms with Gasteiger partial charge in [0.1, 0.15) is 11.6 Å². The van der Waals surface area contributed by atoms with Crippen molar-refractivity contribution >= 4 is 31.9 Å². The van der Waals surface area contributed by atoms with Crippen LogP contribution in [-0.2, 0) is 6.42 Å². The van der Waals surface area contributed by atoms with Crippen molar-refractivity contribution in [1.82, 2.24) is 0 Å². The van der Waals surface area contributed by atoms with E-state index in [1.807, 2.05) is 24.3 Å². The van der Waals surface area contributed by atoms with Crippen molar-refractivity contribution in [3.63, 3.8) is 0 Å². The minimum atomic E-state index is -1.08. The van der Waals surface area contributed by atoms with E-state index in [0.717, 1.165) is 22.2 Å². The maximum absolute atomic E-state index is 13.7. The molecule has 19 heavy (non-hydrogen) atoms. The molecule has 1 unspecified atom stereocenters. The van der Waals surface area contributed by atoms with Gasteiger partial charge in [-0.2, -0.15) is 0 Å². The van der Waals surface area contributed by atoms with E-state index in [4.69, 9.17) is 0 Å². The summed E-state index contributed by atoms with van der Waals surface area (Å²) in [6, 6.07) is 9.35. The molecule has 1 atom stereocenters. The van der Waals surface area contributed by atoms with E-state index in [9.17, 15) is 13.9 Å². The van der Waals surface area contributed by atoms with Crippen molar-refractivity contribution in [2.24, 2.45) is 0 Å². The Bertz CT molecular complexity index is 585. The number of aliphatic hydroxyl groups excluding tert-OH is 1. The van der Waals surface area contributed by atoms with Crippen LogP contribution in [0.15, 0.2) is 45.3 Å². The molecule has 0 heterocycles. The first-order valence-corrected chi connectivity index (χ1v) is 7.13. The van der Waals surface area contributed by atoms with E-state index < -0.39 is 17.7 Å². The zero-order valence-electron chi connectivity index (χ0n) is 9.71. The van der Waals surface area contributed by atoms with Crippen LogP contribution in [0.2, 0.25) is 0 Å². The quantitative estimate of drug-likeness (QED) is 0.747. The number of halogens is 4. The fourth-order valence-corrected chi connectivity index (χ4v) is 2.33. The van der Waals surface area contributed by atoms with Crippen molar-refractivity contribution in [3.8, 4) is 0 Å². The highest BCUT2D eigenvalue weighted by molar-refractivity contribution is 9.10. The monoisotopic (exact) mass is 390 g/mol. The minimum absolute atomic E-state index is 0.0383. The average Bonchev–Trinajstić information content (AvgIpc) is 2.36. The van der Waals surface area contributed by atoms with Crippen molar-refractivity contribution in [3.05, 3.63) is 68.1 Å². The van der Waals surface area contributed by atoms with Crippen LogP contribution in [0.25, 0.3) is 0 Å². The van der Waals surface area contributed by atoms with E-state index in [1.165, 1.54) is 0 Å². The van der Waals surface area contributed by atoms with Gasteiger partial charge in [-0.1, -0.05) is 28.1 Å². The highest BCUT2D eigenvalue weighted by Gasteiger charge is 2.16. The van der Waals surface area contributed by atoms with Gasteiger partial charge in [0.15, 0.2) is 0 Å². The number of benzene rings is 2. The first-order chi connectivity index (χ1) is 8.97. The molecule has 0 aliphatic rings. The molecular weight excluding hydrogens is 382 g/mol. The molecule has 5 heteroatoms. The lowest BCUT2D eigenvalue weighted by atomic mass is 10.0. The molecule has 0 saturated carbocycles. The topological polar surface area (TPSA) is 20.2 Å². The Hall–Kier alpha value is -0.780. The summed E-state index contributed by atoms with van der Waals surface area (Å²) in [5.41, 5.74) is 0.807. The fraction of sp³-hybridized carbons (Fsp3) is 0.143. The van der Waals surface area contributed by atoms with Gasteiger partial charge in [-0.05, 0) is 45.8 Å². The van der Waals surface area contributed by atoms with Crippen molar-refractivity contribution in [1.29, 1.82) is 0 Å². The van der Waals surface area contributed by atoms with Crippen LogP contribution in [0.4, 0.5) is 8.78 Å². The van der Waals surface area contributed by atoms with Gasteiger partial charge in [0.05, 0.1) is 10.6 Å². The maximum atomic E-state index is 13.7. The molecule has 0 spiro atoms. The highest BCUT2D eigenvalue weighted by Crippen LogP contribution is 2.26. The first kappa shape index (κ1) is 14.6. The van der Waals surface area contributed by atoms with Crippen LogP contribution in [0.1, 0.15) is 17.2 Å². The van der Waals surface area contributed by atoms with E-state index in [-0.39, 0.29) is 16.5 Å². The summed E-state index contributed by atoms with van der Waals surface area (Å²) in [6.45, 7) is 0. The molecule has 0 amide bonds. The van der Waals surface area contributed by atoms with Crippen LogP contribution in [0, 0.1) is 11.6 Å². The summed E-state index contributed by atoms with van der Waals surface area (Å²) in [5.74, 6) is -1.22. The van der Waals surface area contributed by atoms with Gasteiger partial charge in [-0.3, -0.25) is 0 Å². The summed E-state index contributed by atoms with van der Waals surface area (Å²) in [7, 11) is 0. The van der Waals surface area contributed by atoms with Gasteiger partial charge >= 0.3 is 0 Å². The second-order valence-electron chi connectivity index (χ2n) is 4.13. The third-order valence-corrected chi connectivity index (χ3v) is 3.88. The van der Waals surface area contributed by atoms with Crippen molar-refractivity contribution < 1.29 is 13.9 Å². The normalized spacial score (nSPS) is 12.5. The second kappa shape index (κ2) is 6.11. The molecule has 100 valence electrons. The zero-order valence-corrected chi connectivity index (χ0v) is 12.9. The van der Waals surface area contributed by atoms with E-state index in [0.29, 0.717) is 0 Å². The summed E-state index contributed by atoms with van der Waals surface area (Å²) >= 11 is 6.21. The number of aliphatic hydroxyl groups is 1. The predicted molar refractivity (Wildman–Crippen MR) is 76.9 cm³/mol. The molecule has 0 aromatic heterocycles. The van der Waals surface area contributed by atoms with Gasteiger partial charge in [-0.25, -0.2) is 8.78 Å². The lowest BCUT2D eigenvalue weighted by Crippen LogP contribution is -2.05. The smallest absolute Gasteiger partial charge is 0.137 e. The lowest BCUT2D eigenvalue weighted by molar-refractivity contribution is 0.173. The second-order valence-corrected chi connectivity index (χ2v) is 5.90. The SMILES string of the molecule is OC(Cc1ccc(Br)cc1)c1cc(F)c(Br)cc1F. The van der Waals surface area contributed by atoms with Crippen LogP contribution in [0.5, 0.6) is 0 Å². The number of rotatable bonds is 3. The molecule has 2 rings (SSSR count). The third-order valence-electron chi connectivity index (χ3n) is 2.74. The van der Waals surface area contributed by atoms with Gasteiger partial charge in [0, 0.05) is 16.5 Å². The van der Waals surface area contributed by atoms with E-state index in [1.54, 1.807) is 0 Å². The van der Waals surface area contributed by atoms with Gasteiger partial charge in [0.2, 0.25) is 0 Å². The van der Waals surface area contributed by atoms with Gasteiger partial charge in [0.25, 0.3) is 0 Å². The minimum Gasteiger partial charge on any atom is -0.388 e. The lowest BCUT2D eigenvalue weighted by Gasteiger charge is -2.13. The van der Waals surface area contributed by atoms with Crippen LogP contribution >= 0.6 is 31.9 Å². The Morgan fingerprint density at radius 3 is 2.26 bits per heavy atom. The van der Waals surface area contributed by atoms with Gasteiger partial charge in [-0.15, -0.1) is 0 Å². The molecule has 0 bridgehead atoms. The van der Waals surface area contributed by atoms with E-state index in [2.05, 4.69) is 31.9 Å². The molecule has 1 N–H and O–H groups in total. The number of hydrogen-bond acceptors (Lipinski definition) is 1. The molecular formula is C14H10Br2F2O. The molecule has 0 aliphatic carbocycles. The summed E-state index contributed by atoms with van der Waals surface area (Å²) in [6.07, 6.45) is -0.852. The Morgan fingerprint density at radius 2 is 1.63 bits per heavy atom. The zero-order chi connectivity index (χ0) is 14.0. The average molecular weight is 392 g/mol. The molecule has 0 aliphatic heterocycles. The standard InChI is InChI=1S/C14H10Br2F2O/c15-9-3-1-8(2-4-9)5-14(19)10-6-13(18)11(16)7-12(10)17/h1-4,6-7,14,19H,5H2. The summed E-state index contributed by atoms with van der Waals surface area (Å²) in [4.78, 5) is 0. The van der Waals surface area contributed by atoms with Crippen LogP contribution in [0.3, 0.4) is 0 Å². The summed E-state index contributed by atoms with van der Waals surface area (Å²) in [5, 5.41) is 10.0. The Balaban J connectivity index is 2.22. The molecule has 2 aromatic rings. The van der Waals surface area contributed by atoms with Gasteiger partial charge < -0.3 is 5.11 Å². The van der Waals surface area contributed by atoms with Crippen molar-refractivity contribution in [2.75, 3.05) is 0 Å². The van der Waals surface area contributed by atoms with Crippen LogP contribution < -0.4 is 0 Å². The first-order valence-electron chi connectivity index (χ1n) is 5.54. The largest absolute Gasteiger partial charge is 0.388 e. The fourth-order valence-electron chi connectivity index (χ4n) is 1.75. The highest BCUT2D eigenvalue weighted by atomic mass is 79.9. The Morgan fingerprint density at radius 1 is 1.00 bits per heavy atom. The Labute approximate surface area is 126 Å². The number of hydrogen-bond donors (Lipinski definition) is 1. The molecule has 1 nitrogen and oxygen atoms in total. The predicted octanol–water partition coefficient (Wildman–Crippen LogP) is 4.77.